The number of carbonyl (C=O) groups excluding carboxylic acids is 3. The first-order valence-electron chi connectivity index (χ1n) is 8.40. The predicted octanol–water partition coefficient (Wildman–Crippen LogP) is 2.34. The maximum Gasteiger partial charge on any atom is 0.238 e. The molecule has 0 radical (unpaired) electrons. The van der Waals surface area contributed by atoms with Crippen LogP contribution in [0.25, 0.3) is 10.9 Å². The van der Waals surface area contributed by atoms with Gasteiger partial charge in [-0.3, -0.25) is 24.3 Å². The van der Waals surface area contributed by atoms with Crippen molar-refractivity contribution in [3.63, 3.8) is 0 Å². The van der Waals surface area contributed by atoms with Crippen molar-refractivity contribution in [2.24, 2.45) is 23.7 Å². The summed E-state index contributed by atoms with van der Waals surface area (Å²) in [5.74, 6) is -1.13. The molecule has 4 aliphatic rings. The molecule has 24 heavy (non-hydrogen) atoms. The minimum atomic E-state index is -0.443. The highest BCUT2D eigenvalue weighted by Gasteiger charge is 2.60. The maximum absolute atomic E-state index is 13.0. The summed E-state index contributed by atoms with van der Waals surface area (Å²) in [7, 11) is 0. The van der Waals surface area contributed by atoms with Gasteiger partial charge in [0.25, 0.3) is 0 Å². The van der Waals surface area contributed by atoms with E-state index in [-0.39, 0.29) is 35.4 Å². The van der Waals surface area contributed by atoms with Crippen molar-refractivity contribution in [1.29, 1.82) is 0 Å². The van der Waals surface area contributed by atoms with Crippen LogP contribution < -0.4 is 4.90 Å². The van der Waals surface area contributed by atoms with Gasteiger partial charge in [0.1, 0.15) is 5.78 Å². The molecule has 5 nitrogen and oxygen atoms in total. The second-order valence-electron chi connectivity index (χ2n) is 7.06. The molecule has 1 saturated heterocycles. The number of benzene rings is 1. The van der Waals surface area contributed by atoms with Crippen LogP contribution in [-0.4, -0.2) is 22.6 Å². The third-order valence-electron chi connectivity index (χ3n) is 5.91. The summed E-state index contributed by atoms with van der Waals surface area (Å²) >= 11 is 0. The van der Waals surface area contributed by atoms with Gasteiger partial charge in [-0.05, 0) is 43.0 Å². The van der Waals surface area contributed by atoms with E-state index in [1.807, 2.05) is 24.3 Å². The molecule has 3 saturated carbocycles. The first kappa shape index (κ1) is 13.8. The van der Waals surface area contributed by atoms with E-state index in [9.17, 15) is 14.4 Å². The summed E-state index contributed by atoms with van der Waals surface area (Å²) < 4.78 is 0. The number of ketones is 1. The number of fused-ring (bicyclic) bond motifs is 3. The van der Waals surface area contributed by atoms with Crippen molar-refractivity contribution in [2.75, 3.05) is 4.90 Å². The molecule has 0 unspecified atom stereocenters. The maximum atomic E-state index is 13.0. The lowest BCUT2D eigenvalue weighted by atomic mass is 9.59. The van der Waals surface area contributed by atoms with Crippen LogP contribution in [0.1, 0.15) is 19.3 Å². The average molecular weight is 320 g/mol. The SMILES string of the molecule is O=C1C[C@H]2CC[C@@H]1[C@H]1C(=O)N(c3ccc4ncccc4c3)C(=O)[C@@H]21. The Balaban J connectivity index is 1.60. The number of nitrogens with zero attached hydrogens (tertiary/aromatic N) is 2. The fourth-order valence-electron chi connectivity index (χ4n) is 4.84. The van der Waals surface area contributed by atoms with Crippen LogP contribution in [0, 0.1) is 23.7 Å². The highest BCUT2D eigenvalue weighted by molar-refractivity contribution is 6.24. The van der Waals surface area contributed by atoms with E-state index in [2.05, 4.69) is 4.98 Å². The van der Waals surface area contributed by atoms with Gasteiger partial charge in [0, 0.05) is 23.9 Å². The van der Waals surface area contributed by atoms with E-state index in [1.165, 1.54) is 4.90 Å². The Kier molecular flexibility index (Phi) is 2.72. The van der Waals surface area contributed by atoms with Crippen molar-refractivity contribution >= 4 is 34.2 Å². The smallest absolute Gasteiger partial charge is 0.238 e. The van der Waals surface area contributed by atoms with Crippen molar-refractivity contribution in [2.45, 2.75) is 19.3 Å². The standard InChI is InChI=1S/C19H16N2O3/c22-15-9-11-3-5-13(15)17-16(11)18(23)21(19(17)24)12-4-6-14-10(8-12)2-1-7-20-14/h1-2,4,6-8,11,13,16-17H,3,5,9H2/t11-,13+,16+,17-/m1/s1. The summed E-state index contributed by atoms with van der Waals surface area (Å²) in [6.07, 6.45) is 3.80. The van der Waals surface area contributed by atoms with Crippen molar-refractivity contribution < 1.29 is 14.4 Å². The summed E-state index contributed by atoms with van der Waals surface area (Å²) in [5.41, 5.74) is 1.42. The van der Waals surface area contributed by atoms with E-state index in [0.717, 1.165) is 23.7 Å². The number of anilines is 1. The molecule has 1 aromatic carbocycles. The molecule has 1 aromatic heterocycles. The second kappa shape index (κ2) is 4.72. The Labute approximate surface area is 138 Å². The number of rotatable bonds is 1. The van der Waals surface area contributed by atoms with Crippen LogP contribution in [-0.2, 0) is 14.4 Å². The Morgan fingerprint density at radius 3 is 2.67 bits per heavy atom. The average Bonchev–Trinajstić information content (AvgIpc) is 2.88. The highest BCUT2D eigenvalue weighted by atomic mass is 16.2. The first-order valence-corrected chi connectivity index (χ1v) is 8.40. The molecule has 2 amide bonds. The predicted molar refractivity (Wildman–Crippen MR) is 87.1 cm³/mol. The summed E-state index contributed by atoms with van der Waals surface area (Å²) in [6, 6.07) is 9.17. The summed E-state index contributed by atoms with van der Waals surface area (Å²) in [6.45, 7) is 0. The van der Waals surface area contributed by atoms with Gasteiger partial charge in [-0.2, -0.15) is 0 Å². The van der Waals surface area contributed by atoms with Crippen LogP contribution >= 0.6 is 0 Å². The zero-order valence-corrected chi connectivity index (χ0v) is 13.0. The molecule has 3 aliphatic carbocycles. The third-order valence-corrected chi connectivity index (χ3v) is 5.91. The van der Waals surface area contributed by atoms with Gasteiger partial charge in [-0.25, -0.2) is 0 Å². The Hall–Kier alpha value is -2.56. The van der Waals surface area contributed by atoms with E-state index in [0.29, 0.717) is 12.1 Å². The van der Waals surface area contributed by atoms with Crippen LogP contribution in [0.2, 0.25) is 0 Å². The number of aromatic nitrogens is 1. The number of carbonyl (C=O) groups is 3. The van der Waals surface area contributed by atoms with Crippen molar-refractivity contribution in [3.8, 4) is 0 Å². The molecule has 2 heterocycles. The van der Waals surface area contributed by atoms with E-state index in [1.54, 1.807) is 12.3 Å². The molecule has 120 valence electrons. The van der Waals surface area contributed by atoms with E-state index < -0.39 is 5.92 Å². The molecule has 6 rings (SSSR count). The Bertz CT molecular complexity index is 906. The van der Waals surface area contributed by atoms with Crippen molar-refractivity contribution in [1.82, 2.24) is 4.98 Å². The van der Waals surface area contributed by atoms with Gasteiger partial charge in [0.05, 0.1) is 23.0 Å². The molecular weight excluding hydrogens is 304 g/mol. The van der Waals surface area contributed by atoms with Gasteiger partial charge in [0.2, 0.25) is 11.8 Å². The zero-order valence-electron chi connectivity index (χ0n) is 13.0. The minimum Gasteiger partial charge on any atom is -0.299 e. The molecular formula is C19H16N2O3. The largest absolute Gasteiger partial charge is 0.299 e. The molecule has 5 heteroatoms. The third kappa shape index (κ3) is 1.70. The monoisotopic (exact) mass is 320 g/mol. The number of hydrogen-bond acceptors (Lipinski definition) is 4. The van der Waals surface area contributed by atoms with Crippen LogP contribution in [0.15, 0.2) is 36.5 Å². The molecule has 0 spiro atoms. The number of Topliss-reactive ketones (excluding diaryl/α,β-unsaturated/α-hetero) is 1. The van der Waals surface area contributed by atoms with Crippen LogP contribution in [0.3, 0.4) is 0 Å². The lowest BCUT2D eigenvalue weighted by molar-refractivity contribution is -0.143. The highest BCUT2D eigenvalue weighted by Crippen LogP contribution is 2.52. The van der Waals surface area contributed by atoms with Gasteiger partial charge in [-0.1, -0.05) is 6.07 Å². The molecule has 2 aromatic rings. The Morgan fingerprint density at radius 2 is 1.83 bits per heavy atom. The zero-order chi connectivity index (χ0) is 16.4. The lowest BCUT2D eigenvalue weighted by Crippen LogP contribution is -2.46. The van der Waals surface area contributed by atoms with Crippen molar-refractivity contribution in [3.05, 3.63) is 36.5 Å². The van der Waals surface area contributed by atoms with Crippen LogP contribution in [0.5, 0.6) is 0 Å². The van der Waals surface area contributed by atoms with Gasteiger partial charge < -0.3 is 0 Å². The van der Waals surface area contributed by atoms with E-state index in [4.69, 9.17) is 0 Å². The Morgan fingerprint density at radius 1 is 1.00 bits per heavy atom. The lowest BCUT2D eigenvalue weighted by Gasteiger charge is -2.41. The van der Waals surface area contributed by atoms with Crippen LogP contribution in [0.4, 0.5) is 5.69 Å². The number of hydrogen-bond donors (Lipinski definition) is 0. The normalized spacial score (nSPS) is 31.8. The fourth-order valence-corrected chi connectivity index (χ4v) is 4.84. The van der Waals surface area contributed by atoms with Gasteiger partial charge >= 0.3 is 0 Å². The van der Waals surface area contributed by atoms with E-state index >= 15 is 0 Å². The van der Waals surface area contributed by atoms with Gasteiger partial charge in [-0.15, -0.1) is 0 Å². The fraction of sp³-hybridized carbons (Fsp3) is 0.368. The second-order valence-corrected chi connectivity index (χ2v) is 7.06. The molecule has 4 atom stereocenters. The topological polar surface area (TPSA) is 67.3 Å². The molecule has 4 fully saturated rings. The summed E-state index contributed by atoms with van der Waals surface area (Å²) in [4.78, 5) is 43.7. The molecule has 1 aliphatic heterocycles. The molecule has 2 bridgehead atoms. The number of imide groups is 1. The summed E-state index contributed by atoms with van der Waals surface area (Å²) in [5, 5.41) is 0.893. The number of amides is 2. The number of pyridine rings is 1. The van der Waals surface area contributed by atoms with Gasteiger partial charge in [0.15, 0.2) is 0 Å². The first-order chi connectivity index (χ1) is 11.6. The molecule has 0 N–H and O–H groups in total. The quantitative estimate of drug-likeness (QED) is 0.756. The minimum absolute atomic E-state index is 0.0380.